The first kappa shape index (κ1) is 13.0. The lowest BCUT2D eigenvalue weighted by molar-refractivity contribution is -0.135. The molecule has 1 amide bonds. The first-order valence-electron chi connectivity index (χ1n) is 6.28. The Balaban J connectivity index is 1.86. The van der Waals surface area contributed by atoms with Crippen molar-refractivity contribution in [3.05, 3.63) is 35.1 Å². The van der Waals surface area contributed by atoms with Crippen LogP contribution in [-0.4, -0.2) is 37.5 Å². The Morgan fingerprint density at radius 3 is 2.78 bits per heavy atom. The molecule has 1 heterocycles. The highest BCUT2D eigenvalue weighted by Gasteiger charge is 2.27. The van der Waals surface area contributed by atoms with Gasteiger partial charge in [0.1, 0.15) is 5.82 Å². The second-order valence-corrected chi connectivity index (χ2v) is 4.95. The van der Waals surface area contributed by atoms with E-state index in [1.54, 1.807) is 17.9 Å². The summed E-state index contributed by atoms with van der Waals surface area (Å²) in [5, 5.41) is 3.10. The normalized spacial score (nSPS) is 15.3. The van der Waals surface area contributed by atoms with Crippen LogP contribution in [0.4, 0.5) is 4.39 Å². The molecule has 18 heavy (non-hydrogen) atoms. The number of likely N-dealkylation sites (N-methyl/N-ethyl adjacent to an activating group) is 1. The second kappa shape index (κ2) is 5.48. The number of halogens is 1. The fraction of sp³-hybridized carbons (Fsp3) is 0.500. The molecule has 1 aliphatic heterocycles. The third-order valence-electron chi connectivity index (χ3n) is 3.47. The summed E-state index contributed by atoms with van der Waals surface area (Å²) in [4.78, 5) is 13.7. The summed E-state index contributed by atoms with van der Waals surface area (Å²) in [6.07, 6.45) is 0.767. The van der Waals surface area contributed by atoms with E-state index in [9.17, 15) is 9.18 Å². The number of nitrogens with zero attached hydrogens (tertiary/aromatic N) is 1. The van der Waals surface area contributed by atoms with E-state index in [1.165, 1.54) is 6.07 Å². The fourth-order valence-electron chi connectivity index (χ4n) is 2.04. The molecule has 1 aromatic carbocycles. The molecule has 1 aliphatic rings. The first-order chi connectivity index (χ1) is 8.58. The van der Waals surface area contributed by atoms with E-state index in [2.05, 4.69) is 5.32 Å². The molecule has 0 aromatic heterocycles. The van der Waals surface area contributed by atoms with E-state index >= 15 is 0 Å². The number of nitrogens with one attached hydrogen (secondary N) is 1. The van der Waals surface area contributed by atoms with Crippen molar-refractivity contribution < 1.29 is 9.18 Å². The second-order valence-electron chi connectivity index (χ2n) is 4.95. The molecule has 0 saturated carbocycles. The first-order valence-corrected chi connectivity index (χ1v) is 6.28. The van der Waals surface area contributed by atoms with Crippen molar-refractivity contribution in [1.29, 1.82) is 0 Å². The maximum absolute atomic E-state index is 13.1. The van der Waals surface area contributed by atoms with Crippen molar-refractivity contribution >= 4 is 5.91 Å². The van der Waals surface area contributed by atoms with E-state index in [0.717, 1.165) is 25.1 Å². The molecule has 2 rings (SSSR count). The highest BCUT2D eigenvalue weighted by molar-refractivity contribution is 5.79. The summed E-state index contributed by atoms with van der Waals surface area (Å²) in [5.74, 6) is 0.168. The van der Waals surface area contributed by atoms with Crippen LogP contribution in [0, 0.1) is 18.7 Å². The molecule has 1 N–H and O–H groups in total. The SMILES string of the molecule is Cc1cc(CCN(C)C(=O)C2CNC2)ccc1F. The van der Waals surface area contributed by atoms with Gasteiger partial charge in [-0.25, -0.2) is 4.39 Å². The van der Waals surface area contributed by atoms with Gasteiger partial charge >= 0.3 is 0 Å². The lowest BCUT2D eigenvalue weighted by atomic mass is 10.0. The van der Waals surface area contributed by atoms with Gasteiger partial charge in [-0.1, -0.05) is 12.1 Å². The third-order valence-corrected chi connectivity index (χ3v) is 3.47. The molecule has 4 heteroatoms. The number of aryl methyl sites for hydroxylation is 1. The quantitative estimate of drug-likeness (QED) is 0.875. The van der Waals surface area contributed by atoms with Gasteiger partial charge in [-0.05, 0) is 30.5 Å². The zero-order chi connectivity index (χ0) is 13.1. The monoisotopic (exact) mass is 250 g/mol. The van der Waals surface area contributed by atoms with E-state index in [1.807, 2.05) is 13.1 Å². The van der Waals surface area contributed by atoms with Crippen LogP contribution in [0.15, 0.2) is 18.2 Å². The molecule has 0 aliphatic carbocycles. The smallest absolute Gasteiger partial charge is 0.228 e. The minimum atomic E-state index is -0.177. The minimum absolute atomic E-state index is 0.143. The fourth-order valence-corrected chi connectivity index (χ4v) is 2.04. The van der Waals surface area contributed by atoms with Crippen LogP contribution >= 0.6 is 0 Å². The van der Waals surface area contributed by atoms with Gasteiger partial charge in [0.25, 0.3) is 0 Å². The van der Waals surface area contributed by atoms with Gasteiger partial charge in [0.2, 0.25) is 5.91 Å². The Kier molecular flexibility index (Phi) is 3.97. The van der Waals surface area contributed by atoms with Crippen molar-refractivity contribution in [3.63, 3.8) is 0 Å². The molecule has 0 spiro atoms. The largest absolute Gasteiger partial charge is 0.345 e. The topological polar surface area (TPSA) is 32.3 Å². The Bertz CT molecular complexity index is 443. The summed E-state index contributed by atoms with van der Waals surface area (Å²) in [6.45, 7) is 4.02. The lowest BCUT2D eigenvalue weighted by Gasteiger charge is -2.30. The van der Waals surface area contributed by atoms with Crippen LogP contribution in [0.5, 0.6) is 0 Å². The van der Waals surface area contributed by atoms with Gasteiger partial charge in [-0.2, -0.15) is 0 Å². The third kappa shape index (κ3) is 2.88. The van der Waals surface area contributed by atoms with Crippen LogP contribution in [0.2, 0.25) is 0 Å². The molecule has 3 nitrogen and oxygen atoms in total. The highest BCUT2D eigenvalue weighted by Crippen LogP contribution is 2.11. The van der Waals surface area contributed by atoms with Gasteiger partial charge < -0.3 is 10.2 Å². The molecule has 0 unspecified atom stereocenters. The molecule has 0 radical (unpaired) electrons. The van der Waals surface area contributed by atoms with Gasteiger partial charge in [-0.3, -0.25) is 4.79 Å². The van der Waals surface area contributed by atoms with Crippen LogP contribution < -0.4 is 5.32 Å². The molecule has 1 fully saturated rings. The van der Waals surface area contributed by atoms with Crippen LogP contribution in [-0.2, 0) is 11.2 Å². The number of hydrogen-bond donors (Lipinski definition) is 1. The Hall–Kier alpha value is -1.42. The Labute approximate surface area is 107 Å². The van der Waals surface area contributed by atoms with E-state index in [0.29, 0.717) is 12.1 Å². The van der Waals surface area contributed by atoms with Gasteiger partial charge in [-0.15, -0.1) is 0 Å². The highest BCUT2D eigenvalue weighted by atomic mass is 19.1. The van der Waals surface area contributed by atoms with Crippen LogP contribution in [0.3, 0.4) is 0 Å². The number of hydrogen-bond acceptors (Lipinski definition) is 2. The minimum Gasteiger partial charge on any atom is -0.345 e. The van der Waals surface area contributed by atoms with E-state index in [-0.39, 0.29) is 17.6 Å². The molecule has 98 valence electrons. The molecular weight excluding hydrogens is 231 g/mol. The number of carbonyl (C=O) groups is 1. The Morgan fingerprint density at radius 1 is 1.50 bits per heavy atom. The molecular formula is C14H19FN2O. The maximum atomic E-state index is 13.1. The summed E-state index contributed by atoms with van der Waals surface area (Å²) in [7, 11) is 1.83. The van der Waals surface area contributed by atoms with Crippen molar-refractivity contribution in [2.45, 2.75) is 13.3 Å². The number of rotatable bonds is 4. The molecule has 1 saturated heterocycles. The molecule has 0 bridgehead atoms. The van der Waals surface area contributed by atoms with Crippen molar-refractivity contribution in [2.24, 2.45) is 5.92 Å². The summed E-state index contributed by atoms with van der Waals surface area (Å²) in [5.41, 5.74) is 1.73. The zero-order valence-electron chi connectivity index (χ0n) is 10.9. The Morgan fingerprint density at radius 2 is 2.22 bits per heavy atom. The number of benzene rings is 1. The summed E-state index contributed by atoms with van der Waals surface area (Å²) >= 11 is 0. The average molecular weight is 250 g/mol. The van der Waals surface area contributed by atoms with Gasteiger partial charge in [0.05, 0.1) is 5.92 Å². The predicted octanol–water partition coefficient (Wildman–Crippen LogP) is 1.35. The zero-order valence-corrected chi connectivity index (χ0v) is 10.9. The lowest BCUT2D eigenvalue weighted by Crippen LogP contribution is -2.51. The number of amides is 1. The molecule has 1 aromatic rings. The maximum Gasteiger partial charge on any atom is 0.228 e. The van der Waals surface area contributed by atoms with E-state index < -0.39 is 0 Å². The molecule has 0 atom stereocenters. The van der Waals surface area contributed by atoms with Gasteiger partial charge in [0.15, 0.2) is 0 Å². The average Bonchev–Trinajstić information content (AvgIpc) is 2.28. The van der Waals surface area contributed by atoms with Crippen molar-refractivity contribution in [1.82, 2.24) is 10.2 Å². The summed E-state index contributed by atoms with van der Waals surface area (Å²) < 4.78 is 13.1. The van der Waals surface area contributed by atoms with E-state index in [4.69, 9.17) is 0 Å². The van der Waals surface area contributed by atoms with Crippen molar-refractivity contribution in [3.8, 4) is 0 Å². The van der Waals surface area contributed by atoms with Crippen molar-refractivity contribution in [2.75, 3.05) is 26.7 Å². The van der Waals surface area contributed by atoms with Crippen LogP contribution in [0.25, 0.3) is 0 Å². The standard InChI is InChI=1S/C14H19FN2O/c1-10-7-11(3-4-13(10)15)5-6-17(2)14(18)12-8-16-9-12/h3-4,7,12,16H,5-6,8-9H2,1-2H3. The summed E-state index contributed by atoms with van der Waals surface area (Å²) in [6, 6.07) is 5.12. The number of carbonyl (C=O) groups excluding carboxylic acids is 1. The van der Waals surface area contributed by atoms with Gasteiger partial charge in [0, 0.05) is 26.7 Å². The van der Waals surface area contributed by atoms with Crippen LogP contribution in [0.1, 0.15) is 11.1 Å². The predicted molar refractivity (Wildman–Crippen MR) is 68.8 cm³/mol.